The Morgan fingerprint density at radius 1 is 1.05 bits per heavy atom. The van der Waals surface area contributed by atoms with Crippen molar-refractivity contribution in [3.8, 4) is 5.75 Å². The molecule has 0 saturated heterocycles. The van der Waals surface area contributed by atoms with Gasteiger partial charge in [-0.05, 0) is 61.9 Å². The first kappa shape index (κ1) is 13.9. The standard InChI is InChI=1S/C19H20O2/c1-14-5-4-8-17(11-14)19(20)13-21-18-10-9-15-6-2-3-7-16(15)12-18/h4-5,8-12H,2-3,6-7,13H2,1H3. The van der Waals surface area contributed by atoms with E-state index in [0.717, 1.165) is 24.2 Å². The van der Waals surface area contributed by atoms with Crippen LogP contribution >= 0.6 is 0 Å². The molecule has 2 nitrogen and oxygen atoms in total. The van der Waals surface area contributed by atoms with Crippen molar-refractivity contribution in [2.24, 2.45) is 0 Å². The molecule has 1 aliphatic carbocycles. The van der Waals surface area contributed by atoms with Crippen LogP contribution in [0, 0.1) is 6.92 Å². The third-order valence-corrected chi connectivity index (χ3v) is 4.03. The molecule has 0 saturated carbocycles. The minimum atomic E-state index is 0.0245. The van der Waals surface area contributed by atoms with Gasteiger partial charge in [-0.15, -0.1) is 0 Å². The molecule has 2 heteroatoms. The molecule has 0 N–H and O–H groups in total. The van der Waals surface area contributed by atoms with Crippen molar-refractivity contribution in [1.82, 2.24) is 0 Å². The molecule has 0 aliphatic heterocycles. The Balaban J connectivity index is 1.66. The minimum absolute atomic E-state index is 0.0245. The lowest BCUT2D eigenvalue weighted by Crippen LogP contribution is -2.12. The fourth-order valence-electron chi connectivity index (χ4n) is 2.85. The van der Waals surface area contributed by atoms with Crippen LogP contribution in [0.25, 0.3) is 0 Å². The maximum Gasteiger partial charge on any atom is 0.200 e. The van der Waals surface area contributed by atoms with Gasteiger partial charge in [0.05, 0.1) is 0 Å². The van der Waals surface area contributed by atoms with Crippen LogP contribution in [0.5, 0.6) is 5.75 Å². The van der Waals surface area contributed by atoms with Crippen LogP contribution in [-0.4, -0.2) is 12.4 Å². The number of hydrogen-bond donors (Lipinski definition) is 0. The fourth-order valence-corrected chi connectivity index (χ4v) is 2.85. The van der Waals surface area contributed by atoms with Crippen LogP contribution in [0.3, 0.4) is 0 Å². The fraction of sp³-hybridized carbons (Fsp3) is 0.316. The number of benzene rings is 2. The smallest absolute Gasteiger partial charge is 0.200 e. The molecular weight excluding hydrogens is 260 g/mol. The number of fused-ring (bicyclic) bond motifs is 1. The number of ether oxygens (including phenoxy) is 1. The number of rotatable bonds is 4. The van der Waals surface area contributed by atoms with E-state index in [0.29, 0.717) is 5.56 Å². The van der Waals surface area contributed by atoms with E-state index in [1.807, 2.05) is 37.3 Å². The second-order valence-corrected chi connectivity index (χ2v) is 5.72. The zero-order valence-corrected chi connectivity index (χ0v) is 12.4. The Kier molecular flexibility index (Phi) is 4.05. The molecule has 0 heterocycles. The van der Waals surface area contributed by atoms with Gasteiger partial charge in [-0.1, -0.05) is 29.8 Å². The van der Waals surface area contributed by atoms with Gasteiger partial charge in [-0.2, -0.15) is 0 Å². The highest BCUT2D eigenvalue weighted by molar-refractivity contribution is 5.97. The molecule has 3 rings (SSSR count). The quantitative estimate of drug-likeness (QED) is 0.787. The van der Waals surface area contributed by atoms with E-state index in [-0.39, 0.29) is 12.4 Å². The third-order valence-electron chi connectivity index (χ3n) is 4.03. The van der Waals surface area contributed by atoms with Crippen LogP contribution < -0.4 is 4.74 Å². The number of carbonyl (C=O) groups is 1. The van der Waals surface area contributed by atoms with Gasteiger partial charge in [-0.25, -0.2) is 0 Å². The zero-order valence-electron chi connectivity index (χ0n) is 12.4. The van der Waals surface area contributed by atoms with Crippen molar-refractivity contribution < 1.29 is 9.53 Å². The Labute approximate surface area is 125 Å². The highest BCUT2D eigenvalue weighted by atomic mass is 16.5. The Bertz CT molecular complexity index is 658. The Morgan fingerprint density at radius 3 is 2.67 bits per heavy atom. The van der Waals surface area contributed by atoms with E-state index in [9.17, 15) is 4.79 Å². The molecular formula is C19H20O2. The lowest BCUT2D eigenvalue weighted by atomic mass is 9.92. The highest BCUT2D eigenvalue weighted by Crippen LogP contribution is 2.25. The topological polar surface area (TPSA) is 26.3 Å². The molecule has 0 aromatic heterocycles. The highest BCUT2D eigenvalue weighted by Gasteiger charge is 2.11. The predicted molar refractivity (Wildman–Crippen MR) is 84.1 cm³/mol. The molecule has 108 valence electrons. The molecule has 1 aliphatic rings. The summed E-state index contributed by atoms with van der Waals surface area (Å²) in [6.45, 7) is 2.09. The number of hydrogen-bond acceptors (Lipinski definition) is 2. The van der Waals surface area contributed by atoms with Gasteiger partial charge >= 0.3 is 0 Å². The van der Waals surface area contributed by atoms with E-state index < -0.39 is 0 Å². The van der Waals surface area contributed by atoms with Gasteiger partial charge in [-0.3, -0.25) is 4.79 Å². The van der Waals surface area contributed by atoms with Crippen molar-refractivity contribution in [2.45, 2.75) is 32.6 Å². The summed E-state index contributed by atoms with van der Waals surface area (Å²) in [5.41, 5.74) is 4.61. The zero-order chi connectivity index (χ0) is 14.7. The van der Waals surface area contributed by atoms with Gasteiger partial charge < -0.3 is 4.74 Å². The van der Waals surface area contributed by atoms with Gasteiger partial charge in [0.25, 0.3) is 0 Å². The molecule has 0 unspecified atom stereocenters. The number of carbonyl (C=O) groups excluding carboxylic acids is 1. The molecule has 0 amide bonds. The van der Waals surface area contributed by atoms with Crippen molar-refractivity contribution in [3.63, 3.8) is 0 Å². The molecule has 21 heavy (non-hydrogen) atoms. The summed E-state index contributed by atoms with van der Waals surface area (Å²) >= 11 is 0. The van der Waals surface area contributed by atoms with E-state index in [4.69, 9.17) is 4.74 Å². The summed E-state index contributed by atoms with van der Waals surface area (Å²) in [4.78, 5) is 12.1. The van der Waals surface area contributed by atoms with Crippen LogP contribution in [0.1, 0.15) is 39.9 Å². The molecule has 0 bridgehead atoms. The summed E-state index contributed by atoms with van der Waals surface area (Å²) in [5.74, 6) is 0.827. The SMILES string of the molecule is Cc1cccc(C(=O)COc2ccc3c(c2)CCCC3)c1. The Morgan fingerprint density at radius 2 is 1.86 bits per heavy atom. The Hall–Kier alpha value is -2.09. The second-order valence-electron chi connectivity index (χ2n) is 5.72. The molecule has 2 aromatic rings. The molecule has 0 fully saturated rings. The average molecular weight is 280 g/mol. The normalized spacial score (nSPS) is 13.6. The number of Topliss-reactive ketones (excluding diaryl/α,β-unsaturated/α-hetero) is 1. The summed E-state index contributed by atoms with van der Waals surface area (Å²) in [6, 6.07) is 13.8. The van der Waals surface area contributed by atoms with Crippen LogP contribution in [0.15, 0.2) is 42.5 Å². The van der Waals surface area contributed by atoms with Crippen molar-refractivity contribution >= 4 is 5.78 Å². The number of aryl methyl sites for hydroxylation is 3. The maximum absolute atomic E-state index is 12.1. The van der Waals surface area contributed by atoms with Crippen molar-refractivity contribution in [3.05, 3.63) is 64.7 Å². The molecule has 0 radical (unpaired) electrons. The summed E-state index contributed by atoms with van der Waals surface area (Å²) in [7, 11) is 0. The number of ketones is 1. The minimum Gasteiger partial charge on any atom is -0.485 e. The molecule has 0 atom stereocenters. The van der Waals surface area contributed by atoms with Crippen LogP contribution in [-0.2, 0) is 12.8 Å². The van der Waals surface area contributed by atoms with Gasteiger partial charge in [0.2, 0.25) is 0 Å². The predicted octanol–water partition coefficient (Wildman–Crippen LogP) is 4.14. The summed E-state index contributed by atoms with van der Waals surface area (Å²) < 4.78 is 5.68. The van der Waals surface area contributed by atoms with E-state index in [2.05, 4.69) is 12.1 Å². The first-order chi connectivity index (χ1) is 10.2. The first-order valence-corrected chi connectivity index (χ1v) is 7.57. The van der Waals surface area contributed by atoms with E-state index in [1.165, 1.54) is 24.0 Å². The van der Waals surface area contributed by atoms with E-state index in [1.54, 1.807) is 0 Å². The largest absolute Gasteiger partial charge is 0.485 e. The van der Waals surface area contributed by atoms with Crippen LogP contribution in [0.4, 0.5) is 0 Å². The molecule has 0 spiro atoms. The van der Waals surface area contributed by atoms with Gasteiger partial charge in [0.1, 0.15) is 5.75 Å². The van der Waals surface area contributed by atoms with Crippen molar-refractivity contribution in [2.75, 3.05) is 6.61 Å². The molecule has 2 aromatic carbocycles. The first-order valence-electron chi connectivity index (χ1n) is 7.57. The van der Waals surface area contributed by atoms with Gasteiger partial charge in [0.15, 0.2) is 12.4 Å². The van der Waals surface area contributed by atoms with Crippen molar-refractivity contribution in [1.29, 1.82) is 0 Å². The lowest BCUT2D eigenvalue weighted by Gasteiger charge is -2.16. The van der Waals surface area contributed by atoms with Gasteiger partial charge in [0, 0.05) is 5.56 Å². The van der Waals surface area contributed by atoms with E-state index >= 15 is 0 Å². The van der Waals surface area contributed by atoms with Crippen LogP contribution in [0.2, 0.25) is 0 Å². The average Bonchev–Trinajstić information content (AvgIpc) is 2.52. The third kappa shape index (κ3) is 3.33. The second kappa shape index (κ2) is 6.13. The maximum atomic E-state index is 12.1. The monoisotopic (exact) mass is 280 g/mol. The summed E-state index contributed by atoms with van der Waals surface area (Å²) in [6.07, 6.45) is 4.81. The lowest BCUT2D eigenvalue weighted by molar-refractivity contribution is 0.0921. The summed E-state index contributed by atoms with van der Waals surface area (Å²) in [5, 5.41) is 0.